The number of anilines is 1. The van der Waals surface area contributed by atoms with Gasteiger partial charge in [0.1, 0.15) is 5.58 Å². The van der Waals surface area contributed by atoms with Crippen molar-refractivity contribution >= 4 is 39.9 Å². The number of nitrogens with zero attached hydrogens (tertiary/aromatic N) is 3. The van der Waals surface area contributed by atoms with E-state index in [1.807, 2.05) is 30.3 Å². The Bertz CT molecular complexity index is 1080. The van der Waals surface area contributed by atoms with Crippen LogP contribution in [-0.4, -0.2) is 20.6 Å². The van der Waals surface area contributed by atoms with Crippen molar-refractivity contribution in [1.82, 2.24) is 20.6 Å². The van der Waals surface area contributed by atoms with Gasteiger partial charge in [-0.05, 0) is 53.1 Å². The molecule has 138 valence electrons. The first-order valence-corrected chi connectivity index (χ1v) is 9.37. The molecule has 0 unspecified atom stereocenters. The highest BCUT2D eigenvalue weighted by molar-refractivity contribution is 6.32. The van der Waals surface area contributed by atoms with Gasteiger partial charge in [-0.3, -0.25) is 0 Å². The van der Waals surface area contributed by atoms with E-state index in [0.717, 1.165) is 40.1 Å². The predicted octanol–water partition coefficient (Wildman–Crippen LogP) is 5.48. The zero-order chi connectivity index (χ0) is 18.8. The summed E-state index contributed by atoms with van der Waals surface area (Å²) in [6, 6.07) is 11.7. The number of hydrogen-bond donors (Lipinski definition) is 2. The number of rotatable bonds is 6. The first kappa shape index (κ1) is 17.8. The lowest BCUT2D eigenvalue weighted by Crippen LogP contribution is -2.00. The molecular weight excluding hydrogens is 385 g/mol. The minimum absolute atomic E-state index is 0.406. The molecule has 0 radical (unpaired) electrons. The second-order valence-electron chi connectivity index (χ2n) is 6.24. The molecule has 0 aliphatic rings. The van der Waals surface area contributed by atoms with Gasteiger partial charge in [0.25, 0.3) is 0 Å². The van der Waals surface area contributed by atoms with E-state index in [1.54, 1.807) is 0 Å². The van der Waals surface area contributed by atoms with Crippen LogP contribution in [0.1, 0.15) is 24.5 Å². The first-order chi connectivity index (χ1) is 13.1. The molecule has 0 bridgehead atoms. The van der Waals surface area contributed by atoms with Crippen molar-refractivity contribution in [2.24, 2.45) is 0 Å². The van der Waals surface area contributed by atoms with Crippen LogP contribution >= 0.6 is 23.2 Å². The predicted molar refractivity (Wildman–Crippen MR) is 107 cm³/mol. The van der Waals surface area contributed by atoms with Gasteiger partial charge in [-0.15, -0.1) is 10.2 Å². The Morgan fingerprint density at radius 1 is 1.07 bits per heavy atom. The molecule has 4 aromatic rings. The lowest BCUT2D eigenvalue weighted by Gasteiger charge is -2.10. The quantitative estimate of drug-likeness (QED) is 0.446. The van der Waals surface area contributed by atoms with Gasteiger partial charge in [-0.2, -0.15) is 5.21 Å². The number of H-pyrrole nitrogens is 1. The van der Waals surface area contributed by atoms with Crippen LogP contribution in [0.4, 0.5) is 5.69 Å². The van der Waals surface area contributed by atoms with Crippen molar-refractivity contribution in [1.29, 1.82) is 0 Å². The number of benzene rings is 2. The van der Waals surface area contributed by atoms with Gasteiger partial charge in [0.15, 0.2) is 5.76 Å². The summed E-state index contributed by atoms with van der Waals surface area (Å²) in [5.74, 6) is 0.946. The van der Waals surface area contributed by atoms with Gasteiger partial charge in [-0.1, -0.05) is 42.6 Å². The number of aryl methyl sites for hydroxylation is 1. The van der Waals surface area contributed by atoms with Gasteiger partial charge in [-0.25, -0.2) is 0 Å². The van der Waals surface area contributed by atoms with Crippen LogP contribution in [0.5, 0.6) is 0 Å². The van der Waals surface area contributed by atoms with Crippen molar-refractivity contribution in [3.63, 3.8) is 0 Å². The van der Waals surface area contributed by atoms with Gasteiger partial charge in [0.2, 0.25) is 5.82 Å². The van der Waals surface area contributed by atoms with E-state index >= 15 is 0 Å². The Hall–Kier alpha value is -2.57. The van der Waals surface area contributed by atoms with Crippen LogP contribution in [-0.2, 0) is 13.0 Å². The van der Waals surface area contributed by atoms with E-state index in [-0.39, 0.29) is 0 Å². The fraction of sp³-hybridized carbons (Fsp3) is 0.211. The van der Waals surface area contributed by atoms with Crippen molar-refractivity contribution in [2.45, 2.75) is 26.3 Å². The molecule has 2 N–H and O–H groups in total. The van der Waals surface area contributed by atoms with Crippen LogP contribution in [0.25, 0.3) is 22.6 Å². The number of halogens is 2. The Labute approximate surface area is 165 Å². The summed E-state index contributed by atoms with van der Waals surface area (Å²) >= 11 is 12.8. The number of furan rings is 1. The van der Waals surface area contributed by atoms with Gasteiger partial charge >= 0.3 is 0 Å². The summed E-state index contributed by atoms with van der Waals surface area (Å²) < 4.78 is 5.83. The second-order valence-corrected chi connectivity index (χ2v) is 7.05. The van der Waals surface area contributed by atoms with E-state index < -0.39 is 0 Å². The van der Waals surface area contributed by atoms with E-state index in [4.69, 9.17) is 27.6 Å². The van der Waals surface area contributed by atoms with Crippen molar-refractivity contribution in [3.8, 4) is 11.6 Å². The molecular formula is C19H17Cl2N5O. The largest absolute Gasteiger partial charge is 0.453 e. The lowest BCUT2D eigenvalue weighted by atomic mass is 10.1. The Balaban J connectivity index is 1.55. The summed E-state index contributed by atoms with van der Waals surface area (Å²) in [6.07, 6.45) is 2.04. The minimum Gasteiger partial charge on any atom is -0.453 e. The summed E-state index contributed by atoms with van der Waals surface area (Å²) in [5.41, 5.74) is 3.75. The lowest BCUT2D eigenvalue weighted by molar-refractivity contribution is 0.625. The third-order valence-electron chi connectivity index (χ3n) is 4.31. The normalized spacial score (nSPS) is 11.2. The number of aromatic amines is 1. The molecule has 8 heteroatoms. The minimum atomic E-state index is 0.406. The number of tetrazole rings is 1. The molecule has 6 nitrogen and oxygen atoms in total. The van der Waals surface area contributed by atoms with Crippen LogP contribution in [0.2, 0.25) is 10.0 Å². The molecule has 0 spiro atoms. The molecule has 2 aromatic carbocycles. The van der Waals surface area contributed by atoms with Crippen LogP contribution in [0.3, 0.4) is 0 Å². The highest BCUT2D eigenvalue weighted by Gasteiger charge is 2.13. The molecule has 0 atom stereocenters. The number of aromatic nitrogens is 4. The van der Waals surface area contributed by atoms with Gasteiger partial charge in [0.05, 0.1) is 0 Å². The third-order valence-corrected chi connectivity index (χ3v) is 5.01. The third kappa shape index (κ3) is 3.77. The highest BCUT2D eigenvalue weighted by Crippen LogP contribution is 2.31. The highest BCUT2D eigenvalue weighted by atomic mass is 35.5. The Morgan fingerprint density at radius 2 is 1.93 bits per heavy atom. The molecule has 0 fully saturated rings. The van der Waals surface area contributed by atoms with Crippen LogP contribution in [0.15, 0.2) is 40.8 Å². The van der Waals surface area contributed by atoms with E-state index in [0.29, 0.717) is 28.7 Å². The standard InChI is InChI=1S/C19H17Cl2N5O/c1-2-3-11-4-5-14(9-16(11)21)22-10-13-8-17-12(6-15(13)20)7-18(27-17)19-23-25-26-24-19/h4-9,22H,2-3,10H2,1H3,(H,23,24,25,26). The maximum atomic E-state index is 6.44. The Kier molecular flexibility index (Phi) is 5.01. The zero-order valence-corrected chi connectivity index (χ0v) is 16.1. The van der Waals surface area contributed by atoms with Crippen molar-refractivity contribution in [2.75, 3.05) is 5.32 Å². The molecule has 0 aliphatic heterocycles. The molecule has 0 saturated heterocycles. The fourth-order valence-corrected chi connectivity index (χ4v) is 3.45. The monoisotopic (exact) mass is 401 g/mol. The molecule has 2 aromatic heterocycles. The summed E-state index contributed by atoms with van der Waals surface area (Å²) in [7, 11) is 0. The summed E-state index contributed by atoms with van der Waals surface area (Å²) in [6.45, 7) is 2.69. The molecule has 27 heavy (non-hydrogen) atoms. The van der Waals surface area contributed by atoms with E-state index in [2.05, 4.69) is 38.9 Å². The van der Waals surface area contributed by atoms with Gasteiger partial charge in [0, 0.05) is 27.7 Å². The summed E-state index contributed by atoms with van der Waals surface area (Å²) in [4.78, 5) is 0. The van der Waals surface area contributed by atoms with Crippen molar-refractivity contribution in [3.05, 3.63) is 57.6 Å². The molecule has 0 saturated carbocycles. The van der Waals surface area contributed by atoms with Crippen LogP contribution < -0.4 is 5.32 Å². The number of fused-ring (bicyclic) bond motifs is 1. The zero-order valence-electron chi connectivity index (χ0n) is 14.6. The molecule has 4 rings (SSSR count). The molecule has 2 heterocycles. The average molecular weight is 402 g/mol. The summed E-state index contributed by atoms with van der Waals surface area (Å²) in [5, 5.41) is 19.5. The van der Waals surface area contributed by atoms with E-state index in [1.165, 1.54) is 0 Å². The first-order valence-electron chi connectivity index (χ1n) is 8.62. The fourth-order valence-electron chi connectivity index (χ4n) is 2.94. The maximum absolute atomic E-state index is 6.44. The Morgan fingerprint density at radius 3 is 2.67 bits per heavy atom. The maximum Gasteiger partial charge on any atom is 0.239 e. The second kappa shape index (κ2) is 7.58. The van der Waals surface area contributed by atoms with Crippen molar-refractivity contribution < 1.29 is 4.42 Å². The number of nitrogens with one attached hydrogen (secondary N) is 2. The molecule has 0 amide bonds. The topological polar surface area (TPSA) is 79.6 Å². The average Bonchev–Trinajstić information content (AvgIpc) is 3.31. The van der Waals surface area contributed by atoms with Crippen LogP contribution in [0, 0.1) is 0 Å². The van der Waals surface area contributed by atoms with E-state index in [9.17, 15) is 0 Å². The molecule has 0 aliphatic carbocycles. The smallest absolute Gasteiger partial charge is 0.239 e. The van der Waals surface area contributed by atoms with Gasteiger partial charge < -0.3 is 9.73 Å². The number of hydrogen-bond acceptors (Lipinski definition) is 5. The SMILES string of the molecule is CCCc1ccc(NCc2cc3oc(-c4nn[nH]n4)cc3cc2Cl)cc1Cl.